The highest BCUT2D eigenvalue weighted by Crippen LogP contribution is 2.11. The van der Waals surface area contributed by atoms with Crippen LogP contribution in [0.5, 0.6) is 0 Å². The number of carboxylic acids is 1. The zero-order valence-electron chi connectivity index (χ0n) is 11.8. The summed E-state index contributed by atoms with van der Waals surface area (Å²) >= 11 is 0. The molecule has 1 amide bonds. The molecule has 0 unspecified atom stereocenters. The monoisotopic (exact) mass is 288 g/mol. The minimum absolute atomic E-state index is 0.0692. The smallest absolute Gasteiger partial charge is 0.329 e. The number of carbonyl (C=O) groups is 2. The molecule has 21 heavy (non-hydrogen) atoms. The van der Waals surface area contributed by atoms with Crippen molar-refractivity contribution >= 4 is 11.9 Å². The van der Waals surface area contributed by atoms with Gasteiger partial charge in [0.25, 0.3) is 5.91 Å². The van der Waals surface area contributed by atoms with Gasteiger partial charge in [0.05, 0.1) is 11.9 Å². The van der Waals surface area contributed by atoms with Gasteiger partial charge >= 0.3 is 5.97 Å². The van der Waals surface area contributed by atoms with E-state index in [1.807, 2.05) is 30.3 Å². The van der Waals surface area contributed by atoms with Gasteiger partial charge in [0.2, 0.25) is 0 Å². The molecule has 2 N–H and O–H groups in total. The fourth-order valence-electron chi connectivity index (χ4n) is 1.68. The fourth-order valence-corrected chi connectivity index (χ4v) is 1.68. The van der Waals surface area contributed by atoms with Crippen LogP contribution in [-0.4, -0.2) is 37.5 Å². The molecule has 0 aliphatic carbocycles. The SMILES string of the molecule is CC[C@@](C)(NC(=O)c1cn(-c2ccccc2)nn1)C(=O)O. The lowest BCUT2D eigenvalue weighted by atomic mass is 9.99. The normalized spacial score (nSPS) is 13.4. The highest BCUT2D eigenvalue weighted by Gasteiger charge is 2.33. The van der Waals surface area contributed by atoms with Crippen molar-refractivity contribution in [3.8, 4) is 5.69 Å². The highest BCUT2D eigenvalue weighted by atomic mass is 16.4. The molecule has 1 aromatic carbocycles. The van der Waals surface area contributed by atoms with E-state index in [4.69, 9.17) is 5.11 Å². The van der Waals surface area contributed by atoms with Crippen molar-refractivity contribution in [2.24, 2.45) is 0 Å². The molecular weight excluding hydrogens is 272 g/mol. The number of hydrogen-bond donors (Lipinski definition) is 2. The molecule has 0 saturated carbocycles. The van der Waals surface area contributed by atoms with Gasteiger partial charge in [-0.15, -0.1) is 5.10 Å². The summed E-state index contributed by atoms with van der Waals surface area (Å²) in [5.41, 5.74) is -0.492. The van der Waals surface area contributed by atoms with Crippen LogP contribution in [0.25, 0.3) is 5.69 Å². The summed E-state index contributed by atoms with van der Waals surface area (Å²) < 4.78 is 1.46. The lowest BCUT2D eigenvalue weighted by molar-refractivity contribution is -0.143. The standard InChI is InChI=1S/C14H16N4O3/c1-3-14(2,13(20)21)15-12(19)11-9-18(17-16-11)10-7-5-4-6-8-10/h4-9H,3H2,1-2H3,(H,15,19)(H,20,21)/t14-/m1/s1. The molecule has 1 heterocycles. The summed E-state index contributed by atoms with van der Waals surface area (Å²) in [5, 5.41) is 19.3. The second-order valence-corrected chi connectivity index (χ2v) is 4.83. The van der Waals surface area contributed by atoms with Crippen molar-refractivity contribution in [1.82, 2.24) is 20.3 Å². The van der Waals surface area contributed by atoms with E-state index < -0.39 is 17.4 Å². The average molecular weight is 288 g/mol. The van der Waals surface area contributed by atoms with Gasteiger partial charge in [-0.05, 0) is 25.5 Å². The molecule has 0 aliphatic heterocycles. The first-order chi connectivity index (χ1) is 9.96. The number of aromatic nitrogens is 3. The Kier molecular flexibility index (Phi) is 4.02. The second-order valence-electron chi connectivity index (χ2n) is 4.83. The molecule has 1 atom stereocenters. The topological polar surface area (TPSA) is 97.1 Å². The molecule has 2 rings (SSSR count). The Labute approximate surface area is 121 Å². The first-order valence-electron chi connectivity index (χ1n) is 6.50. The number of benzene rings is 1. The molecule has 7 heteroatoms. The van der Waals surface area contributed by atoms with E-state index in [2.05, 4.69) is 15.6 Å². The Balaban J connectivity index is 2.18. The van der Waals surface area contributed by atoms with Gasteiger partial charge in [0.15, 0.2) is 5.69 Å². The zero-order chi connectivity index (χ0) is 15.5. The van der Waals surface area contributed by atoms with Gasteiger partial charge in [-0.3, -0.25) is 4.79 Å². The van der Waals surface area contributed by atoms with Crippen LogP contribution in [-0.2, 0) is 4.79 Å². The third-order valence-corrected chi connectivity index (χ3v) is 3.32. The van der Waals surface area contributed by atoms with Crippen LogP contribution in [0.3, 0.4) is 0 Å². The van der Waals surface area contributed by atoms with E-state index in [9.17, 15) is 9.59 Å². The maximum Gasteiger partial charge on any atom is 0.329 e. The van der Waals surface area contributed by atoms with Gasteiger partial charge in [0, 0.05) is 0 Å². The molecule has 2 aromatic rings. The number of nitrogens with zero attached hydrogens (tertiary/aromatic N) is 3. The molecular formula is C14H16N4O3. The molecule has 0 saturated heterocycles. The van der Waals surface area contributed by atoms with Gasteiger partial charge in [-0.1, -0.05) is 30.3 Å². The van der Waals surface area contributed by atoms with Crippen LogP contribution < -0.4 is 5.32 Å². The number of para-hydroxylation sites is 1. The van der Waals surface area contributed by atoms with Gasteiger partial charge in [-0.25, -0.2) is 9.48 Å². The Morgan fingerprint density at radius 3 is 2.57 bits per heavy atom. The number of rotatable bonds is 5. The second kappa shape index (κ2) is 5.74. The molecule has 0 bridgehead atoms. The average Bonchev–Trinajstić information content (AvgIpc) is 2.97. The van der Waals surface area contributed by atoms with Crippen LogP contribution in [0.15, 0.2) is 36.5 Å². The third kappa shape index (κ3) is 3.07. The lowest BCUT2D eigenvalue weighted by Gasteiger charge is -2.23. The van der Waals surface area contributed by atoms with Crippen LogP contribution in [0.2, 0.25) is 0 Å². The Hall–Kier alpha value is -2.70. The van der Waals surface area contributed by atoms with E-state index in [1.54, 1.807) is 6.92 Å². The molecule has 7 nitrogen and oxygen atoms in total. The zero-order valence-corrected chi connectivity index (χ0v) is 11.8. The molecule has 110 valence electrons. The number of carboxylic acid groups (broad SMARTS) is 1. The van der Waals surface area contributed by atoms with E-state index >= 15 is 0 Å². The van der Waals surface area contributed by atoms with E-state index in [0.717, 1.165) is 5.69 Å². The van der Waals surface area contributed by atoms with Crippen LogP contribution in [0.4, 0.5) is 0 Å². The number of carbonyl (C=O) groups excluding carboxylic acids is 1. The molecule has 0 radical (unpaired) electrons. The number of aliphatic carboxylic acids is 1. The van der Waals surface area contributed by atoms with Crippen molar-refractivity contribution < 1.29 is 14.7 Å². The largest absolute Gasteiger partial charge is 0.480 e. The quantitative estimate of drug-likeness (QED) is 0.863. The first kappa shape index (κ1) is 14.7. The highest BCUT2D eigenvalue weighted by molar-refractivity contribution is 5.96. The van der Waals surface area contributed by atoms with Crippen molar-refractivity contribution in [3.63, 3.8) is 0 Å². The van der Waals surface area contributed by atoms with E-state index in [-0.39, 0.29) is 12.1 Å². The van der Waals surface area contributed by atoms with Crippen LogP contribution in [0.1, 0.15) is 30.8 Å². The number of amides is 1. The molecule has 1 aromatic heterocycles. The van der Waals surface area contributed by atoms with Gasteiger partial charge < -0.3 is 10.4 Å². The Bertz CT molecular complexity index is 653. The van der Waals surface area contributed by atoms with Crippen LogP contribution in [0, 0.1) is 0 Å². The minimum Gasteiger partial charge on any atom is -0.480 e. The van der Waals surface area contributed by atoms with Gasteiger partial charge in [0.1, 0.15) is 5.54 Å². The maximum atomic E-state index is 12.1. The number of nitrogens with one attached hydrogen (secondary N) is 1. The lowest BCUT2D eigenvalue weighted by Crippen LogP contribution is -2.51. The summed E-state index contributed by atoms with van der Waals surface area (Å²) in [6, 6.07) is 9.20. The maximum absolute atomic E-state index is 12.1. The first-order valence-corrected chi connectivity index (χ1v) is 6.50. The molecule has 0 aliphatic rings. The number of hydrogen-bond acceptors (Lipinski definition) is 4. The predicted molar refractivity (Wildman–Crippen MR) is 75.2 cm³/mol. The van der Waals surface area contributed by atoms with Crippen molar-refractivity contribution in [2.45, 2.75) is 25.8 Å². The Morgan fingerprint density at radius 2 is 2.00 bits per heavy atom. The van der Waals surface area contributed by atoms with E-state index in [1.165, 1.54) is 17.8 Å². The summed E-state index contributed by atoms with van der Waals surface area (Å²) in [5.74, 6) is -1.65. The summed E-state index contributed by atoms with van der Waals surface area (Å²) in [6.45, 7) is 3.14. The van der Waals surface area contributed by atoms with Crippen molar-refractivity contribution in [3.05, 3.63) is 42.2 Å². The van der Waals surface area contributed by atoms with Crippen molar-refractivity contribution in [2.75, 3.05) is 0 Å². The summed E-state index contributed by atoms with van der Waals surface area (Å²) in [4.78, 5) is 23.3. The summed E-state index contributed by atoms with van der Waals surface area (Å²) in [7, 11) is 0. The fraction of sp³-hybridized carbons (Fsp3) is 0.286. The minimum atomic E-state index is -1.33. The van der Waals surface area contributed by atoms with Crippen LogP contribution >= 0.6 is 0 Å². The summed E-state index contributed by atoms with van der Waals surface area (Å²) in [6.07, 6.45) is 1.73. The van der Waals surface area contributed by atoms with E-state index in [0.29, 0.717) is 0 Å². The Morgan fingerprint density at radius 1 is 1.33 bits per heavy atom. The molecule has 0 spiro atoms. The van der Waals surface area contributed by atoms with Gasteiger partial charge in [-0.2, -0.15) is 0 Å². The predicted octanol–water partition coefficient (Wildman–Crippen LogP) is 1.25. The third-order valence-electron chi connectivity index (χ3n) is 3.32. The molecule has 0 fully saturated rings. The van der Waals surface area contributed by atoms with Crippen molar-refractivity contribution in [1.29, 1.82) is 0 Å².